The molecule has 116 valence electrons. The molecule has 1 atom stereocenters. The van der Waals surface area contributed by atoms with Crippen LogP contribution in [0.1, 0.15) is 29.5 Å². The molecule has 1 aliphatic carbocycles. The molecule has 1 heterocycles. The Morgan fingerprint density at radius 3 is 3.09 bits per heavy atom. The third-order valence-electron chi connectivity index (χ3n) is 3.88. The van der Waals surface area contributed by atoms with Crippen molar-refractivity contribution in [3.63, 3.8) is 0 Å². The van der Waals surface area contributed by atoms with E-state index in [-0.39, 0.29) is 12.5 Å². The van der Waals surface area contributed by atoms with E-state index in [9.17, 15) is 4.79 Å². The van der Waals surface area contributed by atoms with Gasteiger partial charge in [-0.1, -0.05) is 25.1 Å². The van der Waals surface area contributed by atoms with Crippen LogP contribution in [0.4, 0.5) is 5.13 Å². The van der Waals surface area contributed by atoms with Crippen LogP contribution in [0.15, 0.2) is 24.3 Å². The lowest BCUT2D eigenvalue weighted by Gasteiger charge is -2.15. The highest BCUT2D eigenvalue weighted by atomic mass is 32.1. The molecule has 0 saturated heterocycles. The molecular weight excluding hydrogens is 296 g/mol. The molecule has 3 rings (SSSR count). The van der Waals surface area contributed by atoms with E-state index >= 15 is 0 Å². The number of carbonyl (C=O) groups excluding carboxylic acids is 1. The molecule has 0 saturated carbocycles. The molecule has 0 bridgehead atoms. The molecule has 2 aromatic rings. The second-order valence-corrected chi connectivity index (χ2v) is 6.92. The van der Waals surface area contributed by atoms with Crippen LogP contribution in [0.25, 0.3) is 0 Å². The van der Waals surface area contributed by atoms with Gasteiger partial charge < -0.3 is 4.74 Å². The molecule has 1 aliphatic rings. The van der Waals surface area contributed by atoms with Crippen LogP contribution in [0.3, 0.4) is 0 Å². The molecule has 5 heteroatoms. The average molecular weight is 316 g/mol. The van der Waals surface area contributed by atoms with E-state index in [1.165, 1.54) is 11.3 Å². The maximum Gasteiger partial charge on any atom is 0.264 e. The zero-order valence-electron chi connectivity index (χ0n) is 12.9. The largest absolute Gasteiger partial charge is 0.483 e. The van der Waals surface area contributed by atoms with Gasteiger partial charge in [-0.3, -0.25) is 10.1 Å². The Morgan fingerprint density at radius 2 is 2.27 bits per heavy atom. The number of hydrogen-bond acceptors (Lipinski definition) is 4. The van der Waals surface area contributed by atoms with Gasteiger partial charge >= 0.3 is 0 Å². The van der Waals surface area contributed by atoms with Crippen LogP contribution in [-0.2, 0) is 17.6 Å². The number of para-hydroxylation sites is 1. The maximum absolute atomic E-state index is 12.0. The topological polar surface area (TPSA) is 51.2 Å². The minimum atomic E-state index is -0.164. The van der Waals surface area contributed by atoms with Gasteiger partial charge in [0, 0.05) is 4.88 Å². The summed E-state index contributed by atoms with van der Waals surface area (Å²) in [6.07, 6.45) is 3.27. The van der Waals surface area contributed by atoms with Crippen LogP contribution in [0.5, 0.6) is 5.75 Å². The normalized spacial score (nSPS) is 16.9. The molecule has 0 fully saturated rings. The van der Waals surface area contributed by atoms with Crippen LogP contribution in [0, 0.1) is 12.8 Å². The van der Waals surface area contributed by atoms with E-state index in [1.807, 2.05) is 31.2 Å². The standard InChI is InChI=1S/C17H20N2O2S/c1-11-7-8-13-15(9-11)22-17(18-13)19-16(20)10-21-14-6-4-3-5-12(14)2/h3-6,11H,7-10H2,1-2H3,(H,18,19,20)/t11-/m0/s1. The van der Waals surface area contributed by atoms with E-state index in [2.05, 4.69) is 17.2 Å². The number of fused-ring (bicyclic) bond motifs is 1. The van der Waals surface area contributed by atoms with Gasteiger partial charge in [0.15, 0.2) is 11.7 Å². The van der Waals surface area contributed by atoms with Gasteiger partial charge in [0.1, 0.15) is 5.75 Å². The zero-order chi connectivity index (χ0) is 15.5. The second-order valence-electron chi connectivity index (χ2n) is 5.84. The van der Waals surface area contributed by atoms with E-state index in [0.717, 1.165) is 29.8 Å². The van der Waals surface area contributed by atoms with Gasteiger partial charge in [0.05, 0.1) is 5.69 Å². The molecule has 0 aliphatic heterocycles. The van der Waals surface area contributed by atoms with E-state index < -0.39 is 0 Å². The SMILES string of the molecule is Cc1ccccc1OCC(=O)Nc1nc2c(s1)C[C@@H](C)CC2. The van der Waals surface area contributed by atoms with Gasteiger partial charge in [-0.2, -0.15) is 0 Å². The van der Waals surface area contributed by atoms with Gasteiger partial charge in [-0.25, -0.2) is 4.98 Å². The molecular formula is C17H20N2O2S. The summed E-state index contributed by atoms with van der Waals surface area (Å²) in [5, 5.41) is 3.54. The number of nitrogens with one attached hydrogen (secondary N) is 1. The lowest BCUT2D eigenvalue weighted by atomic mass is 9.93. The number of amides is 1. The number of hydrogen-bond donors (Lipinski definition) is 1. The fourth-order valence-electron chi connectivity index (χ4n) is 2.61. The summed E-state index contributed by atoms with van der Waals surface area (Å²) in [6, 6.07) is 7.68. The van der Waals surface area contributed by atoms with Crippen molar-refractivity contribution >= 4 is 22.4 Å². The Hall–Kier alpha value is -1.88. The van der Waals surface area contributed by atoms with Crippen molar-refractivity contribution in [2.24, 2.45) is 5.92 Å². The Kier molecular flexibility index (Phi) is 4.43. The number of rotatable bonds is 4. The third-order valence-corrected chi connectivity index (χ3v) is 4.92. The smallest absolute Gasteiger partial charge is 0.264 e. The predicted octanol–water partition coefficient (Wildman–Crippen LogP) is 3.59. The Bertz CT molecular complexity index is 681. The van der Waals surface area contributed by atoms with Crippen LogP contribution < -0.4 is 10.1 Å². The number of aromatic nitrogens is 1. The molecule has 0 spiro atoms. The van der Waals surface area contributed by atoms with Crippen molar-refractivity contribution in [3.05, 3.63) is 40.4 Å². The van der Waals surface area contributed by atoms with Crippen LogP contribution in [-0.4, -0.2) is 17.5 Å². The lowest BCUT2D eigenvalue weighted by Crippen LogP contribution is -2.20. The number of thiazole rings is 1. The summed E-state index contributed by atoms with van der Waals surface area (Å²) in [5.41, 5.74) is 2.17. The Balaban J connectivity index is 1.57. The highest BCUT2D eigenvalue weighted by Gasteiger charge is 2.20. The molecule has 1 amide bonds. The van der Waals surface area contributed by atoms with E-state index in [1.54, 1.807) is 11.3 Å². The van der Waals surface area contributed by atoms with E-state index in [0.29, 0.717) is 11.0 Å². The number of nitrogens with zero attached hydrogens (tertiary/aromatic N) is 1. The summed E-state index contributed by atoms with van der Waals surface area (Å²) in [6.45, 7) is 4.23. The summed E-state index contributed by atoms with van der Waals surface area (Å²) >= 11 is 1.59. The molecule has 1 aromatic heterocycles. The van der Waals surface area contributed by atoms with Gasteiger partial charge in [-0.05, 0) is 43.7 Å². The number of anilines is 1. The Morgan fingerprint density at radius 1 is 1.45 bits per heavy atom. The maximum atomic E-state index is 12.0. The zero-order valence-corrected chi connectivity index (χ0v) is 13.7. The van der Waals surface area contributed by atoms with Crippen molar-refractivity contribution in [1.29, 1.82) is 0 Å². The summed E-state index contributed by atoms with van der Waals surface area (Å²) < 4.78 is 5.55. The fraction of sp³-hybridized carbons (Fsp3) is 0.412. The van der Waals surface area contributed by atoms with Gasteiger partial charge in [0.2, 0.25) is 0 Å². The number of carbonyl (C=O) groups is 1. The fourth-order valence-corrected chi connectivity index (χ4v) is 3.80. The minimum absolute atomic E-state index is 0.00546. The molecule has 1 N–H and O–H groups in total. The number of aryl methyl sites for hydroxylation is 2. The molecule has 1 aromatic carbocycles. The van der Waals surface area contributed by atoms with Crippen molar-refractivity contribution in [2.45, 2.75) is 33.1 Å². The summed E-state index contributed by atoms with van der Waals surface area (Å²) in [7, 11) is 0. The van der Waals surface area contributed by atoms with Gasteiger partial charge in [-0.15, -0.1) is 11.3 Å². The van der Waals surface area contributed by atoms with Crippen molar-refractivity contribution in [2.75, 3.05) is 11.9 Å². The quantitative estimate of drug-likeness (QED) is 0.938. The van der Waals surface area contributed by atoms with Crippen LogP contribution >= 0.6 is 11.3 Å². The lowest BCUT2D eigenvalue weighted by molar-refractivity contribution is -0.118. The number of ether oxygens (including phenoxy) is 1. The highest BCUT2D eigenvalue weighted by molar-refractivity contribution is 7.15. The highest BCUT2D eigenvalue weighted by Crippen LogP contribution is 2.32. The molecule has 22 heavy (non-hydrogen) atoms. The minimum Gasteiger partial charge on any atom is -0.483 e. The summed E-state index contributed by atoms with van der Waals surface area (Å²) in [4.78, 5) is 17.8. The third kappa shape index (κ3) is 3.47. The predicted molar refractivity (Wildman–Crippen MR) is 88.6 cm³/mol. The van der Waals surface area contributed by atoms with Gasteiger partial charge in [0.25, 0.3) is 5.91 Å². The second kappa shape index (κ2) is 6.48. The first-order valence-electron chi connectivity index (χ1n) is 7.58. The first kappa shape index (κ1) is 15.0. The van der Waals surface area contributed by atoms with Crippen LogP contribution in [0.2, 0.25) is 0 Å². The van der Waals surface area contributed by atoms with Crippen molar-refractivity contribution in [1.82, 2.24) is 4.98 Å². The van der Waals surface area contributed by atoms with E-state index in [4.69, 9.17) is 4.74 Å². The first-order chi connectivity index (χ1) is 10.6. The van der Waals surface area contributed by atoms with Crippen molar-refractivity contribution < 1.29 is 9.53 Å². The Labute approximate surface area is 134 Å². The molecule has 4 nitrogen and oxygen atoms in total. The van der Waals surface area contributed by atoms with Crippen molar-refractivity contribution in [3.8, 4) is 5.75 Å². The molecule has 0 radical (unpaired) electrons. The monoisotopic (exact) mass is 316 g/mol. The summed E-state index contributed by atoms with van der Waals surface area (Å²) in [5.74, 6) is 1.29. The first-order valence-corrected chi connectivity index (χ1v) is 8.40. The molecule has 0 unspecified atom stereocenters. The average Bonchev–Trinajstić information content (AvgIpc) is 2.87. The number of benzene rings is 1.